The number of thiophene rings is 1. The van der Waals surface area contributed by atoms with Gasteiger partial charge in [-0.2, -0.15) is 0 Å². The molecule has 3 nitrogen and oxygen atoms in total. The van der Waals surface area contributed by atoms with Crippen LogP contribution in [0.4, 0.5) is 0 Å². The van der Waals surface area contributed by atoms with Crippen LogP contribution in [0.2, 0.25) is 0 Å². The number of aromatic nitrogens is 1. The Morgan fingerprint density at radius 2 is 1.79 bits per heavy atom. The number of rotatable bonds is 3. The SMILES string of the molecule is Cc1ccc(-c2csc3nc(Cc4ccccc4)oc(=O)c23)cc1. The molecule has 0 aliphatic carbocycles. The fourth-order valence-corrected chi connectivity index (χ4v) is 3.66. The Bertz CT molecular complexity index is 1050. The third-order valence-corrected chi connectivity index (χ3v) is 4.85. The molecule has 0 unspecified atom stereocenters. The van der Waals surface area contributed by atoms with E-state index in [1.165, 1.54) is 16.9 Å². The third-order valence-electron chi connectivity index (χ3n) is 3.97. The van der Waals surface area contributed by atoms with E-state index in [1.54, 1.807) is 0 Å². The quantitative estimate of drug-likeness (QED) is 0.540. The molecular weight excluding hydrogens is 318 g/mol. The van der Waals surface area contributed by atoms with Gasteiger partial charge in [-0.05, 0) is 18.1 Å². The van der Waals surface area contributed by atoms with Gasteiger partial charge in [0, 0.05) is 17.4 Å². The average Bonchev–Trinajstić information content (AvgIpc) is 3.01. The Kier molecular flexibility index (Phi) is 3.75. The summed E-state index contributed by atoms with van der Waals surface area (Å²) in [4.78, 5) is 17.8. The first-order valence-electron chi connectivity index (χ1n) is 7.73. The van der Waals surface area contributed by atoms with Crippen molar-refractivity contribution in [2.45, 2.75) is 13.3 Å². The van der Waals surface area contributed by atoms with Crippen molar-refractivity contribution >= 4 is 21.6 Å². The number of aryl methyl sites for hydroxylation is 1. The van der Waals surface area contributed by atoms with E-state index in [4.69, 9.17) is 4.42 Å². The molecule has 0 fully saturated rings. The Labute approximate surface area is 143 Å². The van der Waals surface area contributed by atoms with Crippen LogP contribution in [0.25, 0.3) is 21.3 Å². The maximum Gasteiger partial charge on any atom is 0.348 e. The van der Waals surface area contributed by atoms with E-state index in [-0.39, 0.29) is 5.63 Å². The fourth-order valence-electron chi connectivity index (χ4n) is 2.71. The van der Waals surface area contributed by atoms with Crippen molar-refractivity contribution in [2.24, 2.45) is 0 Å². The van der Waals surface area contributed by atoms with Gasteiger partial charge in [-0.3, -0.25) is 0 Å². The van der Waals surface area contributed by atoms with Crippen molar-refractivity contribution in [2.75, 3.05) is 0 Å². The minimum Gasteiger partial charge on any atom is -0.407 e. The fraction of sp³-hybridized carbons (Fsp3) is 0.100. The summed E-state index contributed by atoms with van der Waals surface area (Å²) in [5.74, 6) is 0.455. The molecule has 0 aliphatic heterocycles. The van der Waals surface area contributed by atoms with Crippen molar-refractivity contribution in [3.05, 3.63) is 87.4 Å². The molecule has 118 valence electrons. The van der Waals surface area contributed by atoms with E-state index in [0.29, 0.717) is 17.7 Å². The second kappa shape index (κ2) is 6.06. The second-order valence-electron chi connectivity index (χ2n) is 5.75. The first kappa shape index (κ1) is 14.8. The number of nitrogens with zero attached hydrogens (tertiary/aromatic N) is 1. The topological polar surface area (TPSA) is 43.1 Å². The van der Waals surface area contributed by atoms with E-state index in [0.717, 1.165) is 21.5 Å². The van der Waals surface area contributed by atoms with Crippen LogP contribution in [0.5, 0.6) is 0 Å². The van der Waals surface area contributed by atoms with Crippen molar-refractivity contribution in [1.82, 2.24) is 4.98 Å². The molecule has 0 N–H and O–H groups in total. The van der Waals surface area contributed by atoms with E-state index >= 15 is 0 Å². The summed E-state index contributed by atoms with van der Waals surface area (Å²) >= 11 is 1.48. The van der Waals surface area contributed by atoms with Crippen molar-refractivity contribution in [1.29, 1.82) is 0 Å². The van der Waals surface area contributed by atoms with Crippen LogP contribution in [0.3, 0.4) is 0 Å². The van der Waals surface area contributed by atoms with E-state index in [2.05, 4.69) is 4.98 Å². The molecule has 4 aromatic rings. The molecule has 0 radical (unpaired) electrons. The molecule has 2 heterocycles. The zero-order chi connectivity index (χ0) is 16.5. The third kappa shape index (κ3) is 2.76. The zero-order valence-corrected chi connectivity index (χ0v) is 14.0. The Balaban J connectivity index is 1.78. The van der Waals surface area contributed by atoms with Crippen LogP contribution in [0, 0.1) is 6.92 Å². The molecule has 0 saturated carbocycles. The van der Waals surface area contributed by atoms with Crippen LogP contribution in [-0.4, -0.2) is 4.98 Å². The van der Waals surface area contributed by atoms with Gasteiger partial charge in [-0.25, -0.2) is 9.78 Å². The molecule has 0 aliphatic rings. The lowest BCUT2D eigenvalue weighted by Crippen LogP contribution is -2.05. The van der Waals surface area contributed by atoms with Gasteiger partial charge in [-0.15, -0.1) is 11.3 Å². The van der Waals surface area contributed by atoms with E-state index < -0.39 is 0 Å². The monoisotopic (exact) mass is 333 g/mol. The maximum absolute atomic E-state index is 12.5. The zero-order valence-electron chi connectivity index (χ0n) is 13.2. The highest BCUT2D eigenvalue weighted by atomic mass is 32.1. The number of hydrogen-bond acceptors (Lipinski definition) is 4. The summed E-state index contributed by atoms with van der Waals surface area (Å²) < 4.78 is 5.48. The van der Waals surface area contributed by atoms with Crippen molar-refractivity contribution < 1.29 is 4.42 Å². The van der Waals surface area contributed by atoms with Crippen molar-refractivity contribution in [3.63, 3.8) is 0 Å². The molecule has 2 aromatic carbocycles. The molecule has 0 amide bonds. The molecule has 0 bridgehead atoms. The van der Waals surface area contributed by atoms with Gasteiger partial charge in [0.05, 0.1) is 0 Å². The predicted molar refractivity (Wildman–Crippen MR) is 97.6 cm³/mol. The summed E-state index contributed by atoms with van der Waals surface area (Å²) in [6, 6.07) is 18.0. The van der Waals surface area contributed by atoms with Crippen LogP contribution in [0.1, 0.15) is 17.0 Å². The van der Waals surface area contributed by atoms with E-state index in [9.17, 15) is 4.79 Å². The highest BCUT2D eigenvalue weighted by molar-refractivity contribution is 7.17. The number of benzene rings is 2. The van der Waals surface area contributed by atoms with Gasteiger partial charge in [0.2, 0.25) is 5.89 Å². The smallest absolute Gasteiger partial charge is 0.348 e. The number of hydrogen-bond donors (Lipinski definition) is 0. The summed E-state index contributed by atoms with van der Waals surface area (Å²) in [7, 11) is 0. The molecular formula is C20H15NO2S. The van der Waals surface area contributed by atoms with Crippen LogP contribution in [0.15, 0.2) is 69.2 Å². The Morgan fingerprint density at radius 1 is 1.04 bits per heavy atom. The van der Waals surface area contributed by atoms with Crippen LogP contribution in [-0.2, 0) is 6.42 Å². The molecule has 24 heavy (non-hydrogen) atoms. The van der Waals surface area contributed by atoms with Gasteiger partial charge in [0.25, 0.3) is 0 Å². The summed E-state index contributed by atoms with van der Waals surface area (Å²) in [6.07, 6.45) is 0.518. The molecule has 4 rings (SSSR count). The number of fused-ring (bicyclic) bond motifs is 1. The lowest BCUT2D eigenvalue weighted by atomic mass is 10.1. The normalized spacial score (nSPS) is 11.0. The molecule has 4 heteroatoms. The standard InChI is InChI=1S/C20H15NO2S/c1-13-7-9-15(10-8-13)16-12-24-19-18(16)20(22)23-17(21-19)11-14-5-3-2-4-6-14/h2-10,12H,11H2,1H3. The lowest BCUT2D eigenvalue weighted by molar-refractivity contribution is 0.455. The first-order valence-corrected chi connectivity index (χ1v) is 8.61. The van der Waals surface area contributed by atoms with Crippen LogP contribution < -0.4 is 5.63 Å². The molecule has 2 aromatic heterocycles. The summed E-state index contributed by atoms with van der Waals surface area (Å²) in [5, 5.41) is 2.55. The highest BCUT2D eigenvalue weighted by Crippen LogP contribution is 2.31. The average molecular weight is 333 g/mol. The van der Waals surface area contributed by atoms with Gasteiger partial charge in [-0.1, -0.05) is 60.2 Å². The minimum atomic E-state index is -0.317. The second-order valence-corrected chi connectivity index (χ2v) is 6.61. The largest absolute Gasteiger partial charge is 0.407 e. The molecule has 0 atom stereocenters. The summed E-state index contributed by atoms with van der Waals surface area (Å²) in [5.41, 5.74) is 3.85. The van der Waals surface area contributed by atoms with Crippen molar-refractivity contribution in [3.8, 4) is 11.1 Å². The summed E-state index contributed by atoms with van der Waals surface area (Å²) in [6.45, 7) is 2.04. The van der Waals surface area contributed by atoms with Crippen LogP contribution >= 0.6 is 11.3 Å². The molecule has 0 spiro atoms. The minimum absolute atomic E-state index is 0.317. The Morgan fingerprint density at radius 3 is 2.54 bits per heavy atom. The Hall–Kier alpha value is -2.72. The molecule has 0 saturated heterocycles. The highest BCUT2D eigenvalue weighted by Gasteiger charge is 2.14. The van der Waals surface area contributed by atoms with Gasteiger partial charge in [0.15, 0.2) is 0 Å². The van der Waals surface area contributed by atoms with Gasteiger partial charge >= 0.3 is 5.63 Å². The maximum atomic E-state index is 12.5. The van der Waals surface area contributed by atoms with Gasteiger partial charge < -0.3 is 4.42 Å². The predicted octanol–water partition coefficient (Wildman–Crippen LogP) is 4.82. The van der Waals surface area contributed by atoms with Gasteiger partial charge in [0.1, 0.15) is 10.2 Å². The van der Waals surface area contributed by atoms with E-state index in [1.807, 2.05) is 66.9 Å². The lowest BCUT2D eigenvalue weighted by Gasteiger charge is -2.02. The first-order chi connectivity index (χ1) is 11.7.